The van der Waals surface area contributed by atoms with E-state index < -0.39 is 12.1 Å². The smallest absolute Gasteiger partial charge is 0.254 e. The molecule has 0 aliphatic carbocycles. The molecule has 8 nitrogen and oxygen atoms in total. The summed E-state index contributed by atoms with van der Waals surface area (Å²) < 4.78 is 5.59. The minimum atomic E-state index is -0.668. The molecule has 1 fully saturated rings. The second kappa shape index (κ2) is 7.41. The highest BCUT2D eigenvalue weighted by Crippen LogP contribution is 2.32. The molecule has 0 aromatic carbocycles. The molecule has 0 unspecified atom stereocenters. The maximum Gasteiger partial charge on any atom is 0.254 e. The SMILES string of the molecule is CCc1nnc([C@H]2C[C@@H](O)CN2C(=O)c2cc(CC(C)C)[nH]c(=O)c2)o1. The molecule has 0 saturated carbocycles. The summed E-state index contributed by atoms with van der Waals surface area (Å²) in [5, 5.41) is 18.0. The minimum Gasteiger partial charge on any atom is -0.423 e. The molecule has 2 aromatic heterocycles. The summed E-state index contributed by atoms with van der Waals surface area (Å²) >= 11 is 0. The third-order valence-electron chi connectivity index (χ3n) is 4.39. The van der Waals surface area contributed by atoms with Crippen molar-refractivity contribution in [1.29, 1.82) is 0 Å². The van der Waals surface area contributed by atoms with E-state index in [1.165, 1.54) is 11.0 Å². The van der Waals surface area contributed by atoms with Crippen molar-refractivity contribution < 1.29 is 14.3 Å². The van der Waals surface area contributed by atoms with Crippen LogP contribution in [0.2, 0.25) is 0 Å². The van der Waals surface area contributed by atoms with Gasteiger partial charge in [0.25, 0.3) is 5.91 Å². The van der Waals surface area contributed by atoms with Crippen molar-refractivity contribution in [2.75, 3.05) is 6.54 Å². The lowest BCUT2D eigenvalue weighted by molar-refractivity contribution is 0.0697. The van der Waals surface area contributed by atoms with Crippen molar-refractivity contribution >= 4 is 5.91 Å². The standard InChI is InChI=1S/C18H24N4O4/c1-4-16-20-21-17(26-16)14-8-13(23)9-22(14)18(25)11-6-12(5-10(2)3)19-15(24)7-11/h6-7,10,13-14,23H,4-5,8-9H2,1-3H3,(H,19,24)/t13-,14-/m1/s1. The predicted octanol–water partition coefficient (Wildman–Crippen LogP) is 1.47. The molecule has 140 valence electrons. The van der Waals surface area contributed by atoms with Crippen molar-refractivity contribution in [3.05, 3.63) is 45.5 Å². The fraction of sp³-hybridized carbons (Fsp3) is 0.556. The van der Waals surface area contributed by atoms with Crippen molar-refractivity contribution in [1.82, 2.24) is 20.1 Å². The Balaban J connectivity index is 1.90. The molecule has 2 aromatic rings. The van der Waals surface area contributed by atoms with E-state index in [0.29, 0.717) is 42.5 Å². The number of pyridine rings is 1. The second-order valence-electron chi connectivity index (χ2n) is 7.11. The third-order valence-corrected chi connectivity index (χ3v) is 4.39. The molecule has 0 spiro atoms. The molecule has 8 heteroatoms. The lowest BCUT2D eigenvalue weighted by Gasteiger charge is -2.22. The number of aromatic amines is 1. The van der Waals surface area contributed by atoms with Gasteiger partial charge < -0.3 is 19.4 Å². The molecule has 2 N–H and O–H groups in total. The summed E-state index contributed by atoms with van der Waals surface area (Å²) in [4.78, 5) is 29.2. The van der Waals surface area contributed by atoms with E-state index in [4.69, 9.17) is 4.42 Å². The molecule has 0 radical (unpaired) electrons. The third kappa shape index (κ3) is 3.85. The molecule has 1 amide bonds. The number of carbonyl (C=O) groups excluding carboxylic acids is 1. The average Bonchev–Trinajstić information content (AvgIpc) is 3.19. The zero-order valence-electron chi connectivity index (χ0n) is 15.2. The quantitative estimate of drug-likeness (QED) is 0.835. The van der Waals surface area contributed by atoms with Crippen LogP contribution in [0.25, 0.3) is 0 Å². The summed E-state index contributed by atoms with van der Waals surface area (Å²) in [5.74, 6) is 0.838. The predicted molar refractivity (Wildman–Crippen MR) is 93.7 cm³/mol. The Morgan fingerprint density at radius 1 is 1.42 bits per heavy atom. The number of hydrogen-bond donors (Lipinski definition) is 2. The van der Waals surface area contributed by atoms with Gasteiger partial charge in [0.15, 0.2) is 0 Å². The van der Waals surface area contributed by atoms with Gasteiger partial charge in [-0.25, -0.2) is 0 Å². The van der Waals surface area contributed by atoms with Gasteiger partial charge in [-0.2, -0.15) is 0 Å². The summed E-state index contributed by atoms with van der Waals surface area (Å²) in [6.45, 7) is 6.15. The number of likely N-dealkylation sites (tertiary alicyclic amines) is 1. The Kier molecular flexibility index (Phi) is 5.22. The number of hydrogen-bond acceptors (Lipinski definition) is 6. The highest BCUT2D eigenvalue weighted by molar-refractivity contribution is 5.94. The highest BCUT2D eigenvalue weighted by Gasteiger charge is 2.39. The number of rotatable bonds is 5. The molecule has 0 bridgehead atoms. The molecule has 3 rings (SSSR count). The van der Waals surface area contributed by atoms with Gasteiger partial charge >= 0.3 is 0 Å². The lowest BCUT2D eigenvalue weighted by atomic mass is 10.1. The van der Waals surface area contributed by atoms with Crippen LogP contribution in [0.1, 0.15) is 61.1 Å². The van der Waals surface area contributed by atoms with Gasteiger partial charge in [0.05, 0.1) is 6.10 Å². The summed E-state index contributed by atoms with van der Waals surface area (Å²) in [5.41, 5.74) is 0.714. The maximum atomic E-state index is 13.0. The van der Waals surface area contributed by atoms with Gasteiger partial charge in [-0.05, 0) is 18.4 Å². The summed E-state index contributed by atoms with van der Waals surface area (Å²) in [6.07, 6.45) is 0.937. The Hall–Kier alpha value is -2.48. The van der Waals surface area contributed by atoms with Crippen molar-refractivity contribution in [2.45, 2.75) is 52.2 Å². The first kappa shape index (κ1) is 18.3. The largest absolute Gasteiger partial charge is 0.423 e. The van der Waals surface area contributed by atoms with Crippen LogP contribution in [-0.2, 0) is 12.8 Å². The van der Waals surface area contributed by atoms with Crippen LogP contribution in [0.15, 0.2) is 21.3 Å². The average molecular weight is 360 g/mol. The molecular weight excluding hydrogens is 336 g/mol. The molecule has 1 aliphatic rings. The van der Waals surface area contributed by atoms with Crippen LogP contribution >= 0.6 is 0 Å². The normalized spacial score (nSPS) is 20.1. The van der Waals surface area contributed by atoms with E-state index in [0.717, 1.165) is 5.69 Å². The van der Waals surface area contributed by atoms with Crippen LogP contribution in [0.5, 0.6) is 0 Å². The molecule has 26 heavy (non-hydrogen) atoms. The second-order valence-corrected chi connectivity index (χ2v) is 7.11. The first-order chi connectivity index (χ1) is 12.4. The number of amides is 1. The van der Waals surface area contributed by atoms with Gasteiger partial charge in [-0.15, -0.1) is 10.2 Å². The molecule has 1 aliphatic heterocycles. The Bertz CT molecular complexity index is 842. The summed E-state index contributed by atoms with van der Waals surface area (Å²) in [6, 6.07) is 2.51. The fourth-order valence-corrected chi connectivity index (χ4v) is 3.26. The van der Waals surface area contributed by atoms with E-state index in [2.05, 4.69) is 15.2 Å². The number of aliphatic hydroxyl groups excluding tert-OH is 1. The number of carbonyl (C=O) groups is 1. The molecular formula is C18H24N4O4. The van der Waals surface area contributed by atoms with Gasteiger partial charge in [-0.3, -0.25) is 9.59 Å². The number of H-pyrrole nitrogens is 1. The van der Waals surface area contributed by atoms with E-state index in [9.17, 15) is 14.7 Å². The molecule has 1 saturated heterocycles. The topological polar surface area (TPSA) is 112 Å². The van der Waals surface area contributed by atoms with E-state index in [1.807, 2.05) is 20.8 Å². The first-order valence-corrected chi connectivity index (χ1v) is 8.92. The zero-order valence-corrected chi connectivity index (χ0v) is 15.2. The monoisotopic (exact) mass is 360 g/mol. The Labute approximate surface area is 151 Å². The van der Waals surface area contributed by atoms with Gasteiger partial charge in [-0.1, -0.05) is 20.8 Å². The van der Waals surface area contributed by atoms with Gasteiger partial charge in [0, 0.05) is 36.7 Å². The van der Waals surface area contributed by atoms with E-state index in [-0.39, 0.29) is 18.0 Å². The van der Waals surface area contributed by atoms with Crippen LogP contribution in [0.3, 0.4) is 0 Å². The number of aliphatic hydroxyl groups is 1. The minimum absolute atomic E-state index is 0.166. The van der Waals surface area contributed by atoms with Crippen molar-refractivity contribution in [3.63, 3.8) is 0 Å². The van der Waals surface area contributed by atoms with Crippen molar-refractivity contribution in [2.24, 2.45) is 5.92 Å². The van der Waals surface area contributed by atoms with Crippen LogP contribution in [0.4, 0.5) is 0 Å². The molecule has 3 heterocycles. The number of nitrogens with one attached hydrogen (secondary N) is 1. The first-order valence-electron chi connectivity index (χ1n) is 8.92. The fourth-order valence-electron chi connectivity index (χ4n) is 3.26. The van der Waals surface area contributed by atoms with Crippen LogP contribution in [-0.4, -0.2) is 43.7 Å². The summed E-state index contributed by atoms with van der Waals surface area (Å²) in [7, 11) is 0. The Morgan fingerprint density at radius 2 is 2.19 bits per heavy atom. The van der Waals surface area contributed by atoms with Crippen LogP contribution < -0.4 is 5.56 Å². The number of β-amino-alcohol motifs (C(OH)–C–C–N with tert-alkyl or cyclic N) is 1. The highest BCUT2D eigenvalue weighted by atomic mass is 16.4. The van der Waals surface area contributed by atoms with E-state index in [1.54, 1.807) is 6.07 Å². The Morgan fingerprint density at radius 3 is 2.85 bits per heavy atom. The van der Waals surface area contributed by atoms with Crippen LogP contribution in [0, 0.1) is 5.92 Å². The maximum absolute atomic E-state index is 13.0. The van der Waals surface area contributed by atoms with Gasteiger partial charge in [0.1, 0.15) is 6.04 Å². The van der Waals surface area contributed by atoms with E-state index >= 15 is 0 Å². The van der Waals surface area contributed by atoms with Crippen molar-refractivity contribution in [3.8, 4) is 0 Å². The van der Waals surface area contributed by atoms with Gasteiger partial charge in [0.2, 0.25) is 17.3 Å². The zero-order chi connectivity index (χ0) is 18.8. The lowest BCUT2D eigenvalue weighted by Crippen LogP contribution is -2.33. The molecule has 2 atom stereocenters. The number of aromatic nitrogens is 3. The number of aryl methyl sites for hydroxylation is 1. The number of nitrogens with zero attached hydrogens (tertiary/aromatic N) is 3.